The lowest BCUT2D eigenvalue weighted by molar-refractivity contribution is 0.0955. The smallest absolute Gasteiger partial charge is 0.270 e. The van der Waals surface area contributed by atoms with Crippen LogP contribution in [0.1, 0.15) is 34.6 Å². The minimum Gasteiger partial charge on any atom is -0.494 e. The van der Waals surface area contributed by atoms with Gasteiger partial charge < -0.3 is 10.1 Å². The van der Waals surface area contributed by atoms with Crippen LogP contribution in [0.25, 0.3) is 11.3 Å². The number of ether oxygens (including phenoxy) is 1. The molecule has 2 aromatic carbocycles. The van der Waals surface area contributed by atoms with E-state index in [1.807, 2.05) is 31.2 Å². The van der Waals surface area contributed by atoms with Crippen LogP contribution in [0.4, 0.5) is 4.39 Å². The van der Waals surface area contributed by atoms with Gasteiger partial charge in [0.1, 0.15) is 17.3 Å². The second-order valence-electron chi connectivity index (χ2n) is 5.78. The first-order valence-corrected chi connectivity index (χ1v) is 8.05. The molecule has 0 saturated carbocycles. The molecule has 1 atom stereocenters. The zero-order valence-electron chi connectivity index (χ0n) is 13.5. The number of hydrogen-bond acceptors (Lipinski definition) is 3. The zero-order valence-corrected chi connectivity index (χ0v) is 13.5. The number of nitrogens with zero attached hydrogens (tertiary/aromatic N) is 1. The Balaban J connectivity index is 1.76. The van der Waals surface area contributed by atoms with Crippen molar-refractivity contribution >= 4 is 5.91 Å². The number of benzene rings is 2. The molecule has 0 fully saturated rings. The lowest BCUT2D eigenvalue weighted by Gasteiger charge is -2.13. The zero-order chi connectivity index (χ0) is 17.4. The number of fused-ring (bicyclic) bond motifs is 1. The first kappa shape index (κ1) is 15.4. The molecular weight excluding hydrogens is 321 g/mol. The van der Waals surface area contributed by atoms with E-state index < -0.39 is 0 Å². The lowest BCUT2D eigenvalue weighted by atomic mass is 9.97. The number of carbonyl (C=O) groups excluding carboxylic acids is 1. The second kappa shape index (κ2) is 6.05. The first-order chi connectivity index (χ1) is 12.2. The number of aromatic nitrogens is 2. The summed E-state index contributed by atoms with van der Waals surface area (Å²) in [7, 11) is 0. The molecular formula is C19H16FN3O2. The van der Waals surface area contributed by atoms with E-state index in [9.17, 15) is 9.18 Å². The van der Waals surface area contributed by atoms with Crippen molar-refractivity contribution < 1.29 is 13.9 Å². The largest absolute Gasteiger partial charge is 0.494 e. The molecule has 0 spiro atoms. The van der Waals surface area contributed by atoms with Crippen molar-refractivity contribution in [3.8, 4) is 17.0 Å². The van der Waals surface area contributed by atoms with Gasteiger partial charge in [0.05, 0.1) is 18.3 Å². The lowest BCUT2D eigenvalue weighted by Crippen LogP contribution is -2.21. The van der Waals surface area contributed by atoms with Crippen LogP contribution in [0.15, 0.2) is 48.5 Å². The summed E-state index contributed by atoms with van der Waals surface area (Å²) in [4.78, 5) is 12.2. The summed E-state index contributed by atoms with van der Waals surface area (Å²) < 4.78 is 18.7. The van der Waals surface area contributed by atoms with Gasteiger partial charge in [-0.25, -0.2) is 4.39 Å². The van der Waals surface area contributed by atoms with E-state index in [-0.39, 0.29) is 17.8 Å². The van der Waals surface area contributed by atoms with Gasteiger partial charge in [0.2, 0.25) is 0 Å². The van der Waals surface area contributed by atoms with Gasteiger partial charge in [-0.2, -0.15) is 5.10 Å². The van der Waals surface area contributed by atoms with E-state index in [4.69, 9.17) is 4.74 Å². The highest BCUT2D eigenvalue weighted by atomic mass is 19.1. The number of nitrogens with one attached hydrogen (secondary N) is 2. The molecule has 0 unspecified atom stereocenters. The maximum atomic E-state index is 13.2. The molecule has 0 saturated heterocycles. The third kappa shape index (κ3) is 2.65. The average Bonchev–Trinajstić information content (AvgIpc) is 3.19. The van der Waals surface area contributed by atoms with E-state index >= 15 is 0 Å². The molecule has 0 aliphatic carbocycles. The van der Waals surface area contributed by atoms with Gasteiger partial charge in [0.25, 0.3) is 5.91 Å². The third-order valence-corrected chi connectivity index (χ3v) is 4.24. The Kier molecular flexibility index (Phi) is 3.72. The topological polar surface area (TPSA) is 67.0 Å². The summed E-state index contributed by atoms with van der Waals surface area (Å²) >= 11 is 0. The van der Waals surface area contributed by atoms with Crippen LogP contribution in [0.3, 0.4) is 0 Å². The molecule has 1 aliphatic rings. The predicted octanol–water partition coefficient (Wildman–Crippen LogP) is 3.45. The van der Waals surface area contributed by atoms with Crippen molar-refractivity contribution in [3.05, 3.63) is 71.2 Å². The molecule has 25 heavy (non-hydrogen) atoms. The van der Waals surface area contributed by atoms with Crippen LogP contribution in [0.5, 0.6) is 5.75 Å². The number of amides is 1. The number of halogens is 1. The normalized spacial score (nSPS) is 15.8. The van der Waals surface area contributed by atoms with Crippen molar-refractivity contribution in [2.75, 3.05) is 6.61 Å². The molecule has 0 bridgehead atoms. The fourth-order valence-corrected chi connectivity index (χ4v) is 3.08. The quantitative estimate of drug-likeness (QED) is 0.766. The van der Waals surface area contributed by atoms with Gasteiger partial charge in [0.15, 0.2) is 0 Å². The van der Waals surface area contributed by atoms with Crippen LogP contribution in [0.2, 0.25) is 0 Å². The molecule has 4 rings (SSSR count). The Morgan fingerprint density at radius 3 is 2.52 bits per heavy atom. The molecule has 1 aliphatic heterocycles. The van der Waals surface area contributed by atoms with Crippen molar-refractivity contribution in [2.24, 2.45) is 0 Å². The molecule has 1 amide bonds. The Morgan fingerprint density at radius 2 is 1.84 bits per heavy atom. The molecule has 3 aromatic rings. The highest BCUT2D eigenvalue weighted by Gasteiger charge is 2.35. The minimum atomic E-state index is -0.358. The van der Waals surface area contributed by atoms with Crippen molar-refractivity contribution in [3.63, 3.8) is 0 Å². The van der Waals surface area contributed by atoms with Crippen molar-refractivity contribution in [1.82, 2.24) is 15.5 Å². The SMILES string of the molecule is CCOc1ccc(-c2n[nH]c3c2[C@@H](c2ccc(F)cc2)NC3=O)cc1. The highest BCUT2D eigenvalue weighted by molar-refractivity contribution is 6.00. The molecule has 0 radical (unpaired) electrons. The summed E-state index contributed by atoms with van der Waals surface area (Å²) in [5, 5.41) is 10.1. The Morgan fingerprint density at radius 1 is 1.12 bits per heavy atom. The Labute approximate surface area is 143 Å². The fraction of sp³-hybridized carbons (Fsp3) is 0.158. The van der Waals surface area contributed by atoms with Crippen LogP contribution in [-0.2, 0) is 0 Å². The molecule has 126 valence electrons. The maximum Gasteiger partial charge on any atom is 0.270 e. The maximum absolute atomic E-state index is 13.2. The fourth-order valence-electron chi connectivity index (χ4n) is 3.08. The molecule has 2 N–H and O–H groups in total. The van der Waals surface area contributed by atoms with Crippen molar-refractivity contribution in [2.45, 2.75) is 13.0 Å². The van der Waals surface area contributed by atoms with Gasteiger partial charge in [-0.1, -0.05) is 12.1 Å². The number of rotatable bonds is 4. The van der Waals surface area contributed by atoms with E-state index in [1.165, 1.54) is 12.1 Å². The molecule has 1 aromatic heterocycles. The Bertz CT molecular complexity index is 917. The van der Waals surface area contributed by atoms with Crippen molar-refractivity contribution in [1.29, 1.82) is 0 Å². The second-order valence-corrected chi connectivity index (χ2v) is 5.78. The van der Waals surface area contributed by atoms with Crippen LogP contribution in [0, 0.1) is 5.82 Å². The van der Waals surface area contributed by atoms with E-state index in [0.29, 0.717) is 18.0 Å². The summed E-state index contributed by atoms with van der Waals surface area (Å²) in [6.45, 7) is 2.53. The number of hydrogen-bond donors (Lipinski definition) is 2. The third-order valence-electron chi connectivity index (χ3n) is 4.24. The monoisotopic (exact) mass is 337 g/mol. The van der Waals surface area contributed by atoms with Gasteiger partial charge in [-0.15, -0.1) is 0 Å². The summed E-state index contributed by atoms with van der Waals surface area (Å²) in [6, 6.07) is 13.3. The van der Waals surface area contributed by atoms with E-state index in [1.54, 1.807) is 12.1 Å². The van der Waals surface area contributed by atoms with Crippen LogP contribution in [-0.4, -0.2) is 22.7 Å². The number of aromatic amines is 1. The molecule has 5 nitrogen and oxygen atoms in total. The summed E-state index contributed by atoms with van der Waals surface area (Å²) in [5.41, 5.74) is 3.61. The number of carbonyl (C=O) groups is 1. The molecule has 2 heterocycles. The first-order valence-electron chi connectivity index (χ1n) is 8.05. The van der Waals surface area contributed by atoms with Crippen LogP contribution < -0.4 is 10.1 Å². The predicted molar refractivity (Wildman–Crippen MR) is 90.9 cm³/mol. The molecule has 6 heteroatoms. The van der Waals surface area contributed by atoms with E-state index in [2.05, 4.69) is 15.5 Å². The van der Waals surface area contributed by atoms with Gasteiger partial charge in [-0.3, -0.25) is 9.89 Å². The Hall–Kier alpha value is -3.15. The van der Waals surface area contributed by atoms with E-state index in [0.717, 1.165) is 22.4 Å². The number of H-pyrrole nitrogens is 1. The van der Waals surface area contributed by atoms with Gasteiger partial charge >= 0.3 is 0 Å². The highest BCUT2D eigenvalue weighted by Crippen LogP contribution is 2.37. The standard InChI is InChI=1S/C19H16FN3O2/c1-2-25-14-9-5-12(6-10-14)17-15-16(11-3-7-13(20)8-4-11)21-19(24)18(15)23-22-17/h3-10,16H,2H2,1H3,(H,21,24)(H,22,23)/t16-/m1/s1. The average molecular weight is 337 g/mol. The van der Waals surface area contributed by atoms with Crippen LogP contribution >= 0.6 is 0 Å². The van der Waals surface area contributed by atoms with Gasteiger partial charge in [0, 0.05) is 11.1 Å². The summed E-state index contributed by atoms with van der Waals surface area (Å²) in [6.07, 6.45) is 0. The van der Waals surface area contributed by atoms with Gasteiger partial charge in [-0.05, 0) is 48.9 Å². The summed E-state index contributed by atoms with van der Waals surface area (Å²) in [5.74, 6) is 0.254. The minimum absolute atomic E-state index is 0.214.